The van der Waals surface area contributed by atoms with Gasteiger partial charge in [-0.3, -0.25) is 0 Å². The van der Waals surface area contributed by atoms with E-state index in [1.165, 1.54) is 0 Å². The molecule has 4 aromatic rings. The Hall–Kier alpha value is -3.63. The second-order valence-corrected chi connectivity index (χ2v) is 8.03. The van der Waals surface area contributed by atoms with E-state index in [-0.39, 0.29) is 6.04 Å². The van der Waals surface area contributed by atoms with E-state index >= 15 is 0 Å². The van der Waals surface area contributed by atoms with Crippen molar-refractivity contribution in [2.75, 3.05) is 7.11 Å². The number of ether oxygens (including phenoxy) is 1. The lowest BCUT2D eigenvalue weighted by Gasteiger charge is -2.17. The first-order valence-corrected chi connectivity index (χ1v) is 10.7. The van der Waals surface area contributed by atoms with Crippen LogP contribution in [0, 0.1) is 6.92 Å². The average Bonchev–Trinajstić information content (AvgIpc) is 2.82. The number of methoxy groups -OCH3 is 1. The molecule has 2 N–H and O–H groups in total. The zero-order valence-electron chi connectivity index (χ0n) is 18.6. The van der Waals surface area contributed by atoms with Gasteiger partial charge in [-0.1, -0.05) is 48.5 Å². The minimum Gasteiger partial charge on any atom is -0.497 e. The van der Waals surface area contributed by atoms with Gasteiger partial charge >= 0.3 is 5.97 Å². The van der Waals surface area contributed by atoms with Crippen molar-refractivity contribution < 1.29 is 14.6 Å². The zero-order valence-corrected chi connectivity index (χ0v) is 18.6. The van der Waals surface area contributed by atoms with E-state index in [1.54, 1.807) is 13.2 Å². The molecule has 4 aromatic carbocycles. The van der Waals surface area contributed by atoms with Crippen LogP contribution in [0.5, 0.6) is 5.75 Å². The minimum atomic E-state index is -0.904. The predicted molar refractivity (Wildman–Crippen MR) is 129 cm³/mol. The van der Waals surface area contributed by atoms with Crippen LogP contribution in [0.4, 0.5) is 0 Å². The zero-order chi connectivity index (χ0) is 22.7. The molecule has 0 spiro atoms. The highest BCUT2D eigenvalue weighted by Crippen LogP contribution is 2.33. The lowest BCUT2D eigenvalue weighted by molar-refractivity contribution is 0.0696. The van der Waals surface area contributed by atoms with E-state index in [0.29, 0.717) is 12.1 Å². The van der Waals surface area contributed by atoms with Gasteiger partial charge in [0, 0.05) is 12.6 Å². The van der Waals surface area contributed by atoms with Gasteiger partial charge in [-0.2, -0.15) is 0 Å². The number of carboxylic acid groups (broad SMARTS) is 1. The van der Waals surface area contributed by atoms with Crippen LogP contribution in [0.25, 0.3) is 21.9 Å². The van der Waals surface area contributed by atoms with Gasteiger partial charge < -0.3 is 15.2 Å². The molecule has 32 heavy (non-hydrogen) atoms. The van der Waals surface area contributed by atoms with Gasteiger partial charge in [0.1, 0.15) is 5.75 Å². The van der Waals surface area contributed by atoms with Gasteiger partial charge in [0.05, 0.1) is 12.7 Å². The van der Waals surface area contributed by atoms with Crippen molar-refractivity contribution in [3.63, 3.8) is 0 Å². The lowest BCUT2D eigenvalue weighted by Crippen LogP contribution is -2.18. The van der Waals surface area contributed by atoms with E-state index in [4.69, 9.17) is 4.74 Å². The SMILES string of the molecule is COc1cccc([C@@H](C)NCc2cc(-c3cccc(C(=O)O)c3C)c3ccccc3c2)c1. The first kappa shape index (κ1) is 21.6. The van der Waals surface area contributed by atoms with E-state index in [0.717, 1.165) is 44.3 Å². The summed E-state index contributed by atoms with van der Waals surface area (Å²) in [4.78, 5) is 11.7. The molecule has 0 aromatic heterocycles. The maximum Gasteiger partial charge on any atom is 0.335 e. The Bertz CT molecular complexity index is 1280. The summed E-state index contributed by atoms with van der Waals surface area (Å²) in [6, 6.07) is 26.3. The van der Waals surface area contributed by atoms with Crippen LogP contribution in [-0.4, -0.2) is 18.2 Å². The Labute approximate surface area is 188 Å². The van der Waals surface area contributed by atoms with Crippen LogP contribution in [0.1, 0.15) is 40.0 Å². The number of carboxylic acids is 1. The fraction of sp³-hybridized carbons (Fsp3) is 0.179. The number of rotatable bonds is 7. The monoisotopic (exact) mass is 425 g/mol. The Balaban J connectivity index is 1.70. The van der Waals surface area contributed by atoms with Gasteiger partial charge in [-0.15, -0.1) is 0 Å². The molecule has 0 aliphatic heterocycles. The second-order valence-electron chi connectivity index (χ2n) is 8.03. The summed E-state index contributed by atoms with van der Waals surface area (Å²) in [5.74, 6) is -0.0588. The van der Waals surface area contributed by atoms with Gasteiger partial charge in [0.25, 0.3) is 0 Å². The summed E-state index contributed by atoms with van der Waals surface area (Å²) in [7, 11) is 1.68. The van der Waals surface area contributed by atoms with Crippen molar-refractivity contribution in [3.05, 3.63) is 101 Å². The average molecular weight is 426 g/mol. The molecule has 0 aliphatic rings. The van der Waals surface area contributed by atoms with Crippen molar-refractivity contribution in [1.29, 1.82) is 0 Å². The highest BCUT2D eigenvalue weighted by Gasteiger charge is 2.15. The van der Waals surface area contributed by atoms with Crippen molar-refractivity contribution in [1.82, 2.24) is 5.32 Å². The number of hydrogen-bond donors (Lipinski definition) is 2. The predicted octanol–water partition coefficient (Wildman–Crippen LogP) is 6.37. The van der Waals surface area contributed by atoms with Crippen LogP contribution >= 0.6 is 0 Å². The van der Waals surface area contributed by atoms with Crippen LogP contribution in [0.3, 0.4) is 0 Å². The largest absolute Gasteiger partial charge is 0.497 e. The summed E-state index contributed by atoms with van der Waals surface area (Å²) >= 11 is 0. The second kappa shape index (κ2) is 9.25. The molecule has 0 saturated heterocycles. The molecule has 1 atom stereocenters. The van der Waals surface area contributed by atoms with Crippen molar-refractivity contribution >= 4 is 16.7 Å². The molecule has 4 rings (SSSR count). The third-order valence-electron chi connectivity index (χ3n) is 5.98. The van der Waals surface area contributed by atoms with Crippen molar-refractivity contribution in [3.8, 4) is 16.9 Å². The molecular weight excluding hydrogens is 398 g/mol. The summed E-state index contributed by atoms with van der Waals surface area (Å²) in [6.45, 7) is 4.70. The molecule has 4 nitrogen and oxygen atoms in total. The third-order valence-corrected chi connectivity index (χ3v) is 5.98. The van der Waals surface area contributed by atoms with E-state index < -0.39 is 5.97 Å². The standard InChI is InChI=1S/C28H27NO3/c1-18-24(12-7-13-25(18)28(30)31)27-15-20(14-22-8-4-5-11-26(22)27)17-29-19(2)21-9-6-10-23(16-21)32-3/h4-16,19,29H,17H2,1-3H3,(H,30,31)/t19-/m1/s1. The highest BCUT2D eigenvalue weighted by molar-refractivity contribution is 6.00. The molecule has 0 fully saturated rings. The van der Waals surface area contributed by atoms with E-state index in [9.17, 15) is 9.90 Å². The van der Waals surface area contributed by atoms with Crippen LogP contribution < -0.4 is 10.1 Å². The molecule has 0 bridgehead atoms. The summed E-state index contributed by atoms with van der Waals surface area (Å²) < 4.78 is 5.35. The molecule has 162 valence electrons. The lowest BCUT2D eigenvalue weighted by atomic mass is 9.91. The maximum absolute atomic E-state index is 11.7. The highest BCUT2D eigenvalue weighted by atomic mass is 16.5. The van der Waals surface area contributed by atoms with Crippen molar-refractivity contribution in [2.24, 2.45) is 0 Å². The first-order valence-electron chi connectivity index (χ1n) is 10.7. The van der Waals surface area contributed by atoms with E-state index in [2.05, 4.69) is 42.6 Å². The molecule has 0 aliphatic carbocycles. The smallest absolute Gasteiger partial charge is 0.335 e. The molecule has 0 heterocycles. The molecule has 4 heteroatoms. The fourth-order valence-electron chi connectivity index (χ4n) is 4.16. The Morgan fingerprint density at radius 2 is 1.75 bits per heavy atom. The number of aromatic carboxylic acids is 1. The van der Waals surface area contributed by atoms with E-state index in [1.807, 2.05) is 49.4 Å². The normalized spacial score (nSPS) is 12.0. The molecular formula is C28H27NO3. The Morgan fingerprint density at radius 3 is 2.53 bits per heavy atom. The quantitative estimate of drug-likeness (QED) is 0.361. The summed E-state index contributed by atoms with van der Waals surface area (Å²) in [5, 5.41) is 15.4. The van der Waals surface area contributed by atoms with Gasteiger partial charge in [0.2, 0.25) is 0 Å². The topological polar surface area (TPSA) is 58.6 Å². The fourth-order valence-corrected chi connectivity index (χ4v) is 4.16. The third kappa shape index (κ3) is 4.36. The number of benzene rings is 4. The molecule has 0 radical (unpaired) electrons. The van der Waals surface area contributed by atoms with Crippen LogP contribution in [-0.2, 0) is 6.54 Å². The minimum absolute atomic E-state index is 0.150. The number of hydrogen-bond acceptors (Lipinski definition) is 3. The number of fused-ring (bicyclic) bond motifs is 1. The molecule has 0 amide bonds. The first-order chi connectivity index (χ1) is 15.5. The van der Waals surface area contributed by atoms with Gasteiger partial charge in [0.15, 0.2) is 0 Å². The Kier molecular flexibility index (Phi) is 6.24. The summed E-state index contributed by atoms with van der Waals surface area (Å²) in [6.07, 6.45) is 0. The van der Waals surface area contributed by atoms with Gasteiger partial charge in [-0.25, -0.2) is 4.79 Å². The maximum atomic E-state index is 11.7. The molecule has 0 saturated carbocycles. The molecule has 0 unspecified atom stereocenters. The number of nitrogens with one attached hydrogen (secondary N) is 1. The van der Waals surface area contributed by atoms with Crippen LogP contribution in [0.2, 0.25) is 0 Å². The summed E-state index contributed by atoms with van der Waals surface area (Å²) in [5.41, 5.74) is 5.42. The van der Waals surface area contributed by atoms with Crippen molar-refractivity contribution in [2.45, 2.75) is 26.4 Å². The van der Waals surface area contributed by atoms with Crippen LogP contribution in [0.15, 0.2) is 78.9 Å². The van der Waals surface area contributed by atoms with Gasteiger partial charge in [-0.05, 0) is 82.8 Å². The number of carbonyl (C=O) groups is 1. The Morgan fingerprint density at radius 1 is 0.969 bits per heavy atom.